The van der Waals surface area contributed by atoms with E-state index in [4.69, 9.17) is 9.97 Å². The number of hydrogen-bond donors (Lipinski definition) is 3. The van der Waals surface area contributed by atoms with Gasteiger partial charge in [-0.3, -0.25) is 4.79 Å². The summed E-state index contributed by atoms with van der Waals surface area (Å²) < 4.78 is 0. The summed E-state index contributed by atoms with van der Waals surface area (Å²) in [5.74, 6) is 0.713. The minimum atomic E-state index is -0.710. The molecule has 9 heteroatoms. The van der Waals surface area contributed by atoms with Gasteiger partial charge in [0.1, 0.15) is 17.8 Å². The molecule has 0 aliphatic heterocycles. The maximum atomic E-state index is 12.1. The molecule has 3 saturated carbocycles. The van der Waals surface area contributed by atoms with E-state index in [1.807, 2.05) is 23.7 Å². The Labute approximate surface area is 188 Å². The van der Waals surface area contributed by atoms with E-state index < -0.39 is 5.97 Å². The van der Waals surface area contributed by atoms with Crippen LogP contribution in [0.25, 0.3) is 33.7 Å². The number of carboxylic acid groups (broad SMARTS) is 1. The molecule has 0 radical (unpaired) electrons. The largest absolute Gasteiger partial charge is 0.481 e. The van der Waals surface area contributed by atoms with Gasteiger partial charge in [0.05, 0.1) is 11.6 Å². The Bertz CT molecular complexity index is 1280. The summed E-state index contributed by atoms with van der Waals surface area (Å²) in [6.07, 6.45) is 9.25. The molecule has 2 bridgehead atoms. The van der Waals surface area contributed by atoms with Gasteiger partial charge < -0.3 is 15.4 Å². The first-order valence-corrected chi connectivity index (χ1v) is 11.8. The fourth-order valence-corrected chi connectivity index (χ4v) is 6.08. The molecule has 0 saturated heterocycles. The molecule has 4 heterocycles. The number of nitrogens with zero attached hydrogens (tertiary/aromatic N) is 4. The van der Waals surface area contributed by atoms with Gasteiger partial charge in [0, 0.05) is 46.4 Å². The first kappa shape index (κ1) is 19.4. The number of aliphatic carboxylic acids is 1. The highest BCUT2D eigenvalue weighted by molar-refractivity contribution is 7.08. The zero-order valence-electron chi connectivity index (χ0n) is 17.2. The number of hydrogen-bond acceptors (Lipinski definition) is 7. The van der Waals surface area contributed by atoms with Crippen molar-refractivity contribution in [1.29, 1.82) is 0 Å². The molecule has 3 N–H and O–H groups in total. The van der Waals surface area contributed by atoms with E-state index in [0.717, 1.165) is 53.5 Å². The van der Waals surface area contributed by atoms with Crippen LogP contribution in [0, 0.1) is 17.8 Å². The van der Waals surface area contributed by atoms with E-state index in [9.17, 15) is 9.90 Å². The predicted octanol–water partition coefficient (Wildman–Crippen LogP) is 4.44. The molecule has 8 nitrogen and oxygen atoms in total. The van der Waals surface area contributed by atoms with Crippen LogP contribution in [0.15, 0.2) is 41.6 Å². The molecular weight excluding hydrogens is 424 g/mol. The summed E-state index contributed by atoms with van der Waals surface area (Å²) in [6, 6.07) is 3.84. The van der Waals surface area contributed by atoms with Crippen molar-refractivity contribution < 1.29 is 9.90 Å². The van der Waals surface area contributed by atoms with E-state index in [-0.39, 0.29) is 17.9 Å². The van der Waals surface area contributed by atoms with E-state index in [2.05, 4.69) is 25.6 Å². The van der Waals surface area contributed by atoms with Crippen LogP contribution in [-0.2, 0) is 4.79 Å². The summed E-state index contributed by atoms with van der Waals surface area (Å²) in [7, 11) is 0. The first-order chi connectivity index (χ1) is 15.7. The van der Waals surface area contributed by atoms with Gasteiger partial charge in [-0.2, -0.15) is 11.3 Å². The molecule has 2 atom stereocenters. The number of aromatic amines is 1. The first-order valence-electron chi connectivity index (χ1n) is 10.9. The molecule has 3 fully saturated rings. The summed E-state index contributed by atoms with van der Waals surface area (Å²) in [6.45, 7) is 0. The topological polar surface area (TPSA) is 117 Å². The highest BCUT2D eigenvalue weighted by Gasteiger charge is 2.47. The number of aromatic nitrogens is 5. The maximum absolute atomic E-state index is 12.1. The molecule has 4 aromatic rings. The Morgan fingerprint density at radius 3 is 2.81 bits per heavy atom. The summed E-state index contributed by atoms with van der Waals surface area (Å²) in [5, 5.41) is 18.4. The summed E-state index contributed by atoms with van der Waals surface area (Å²) in [5.41, 5.74) is 3.36. The maximum Gasteiger partial charge on any atom is 0.308 e. The van der Waals surface area contributed by atoms with Crippen LogP contribution in [0.5, 0.6) is 0 Å². The van der Waals surface area contributed by atoms with Gasteiger partial charge in [-0.15, -0.1) is 0 Å². The summed E-state index contributed by atoms with van der Waals surface area (Å²) in [4.78, 5) is 33.3. The Kier molecular flexibility index (Phi) is 4.64. The lowest BCUT2D eigenvalue weighted by Gasteiger charge is -2.47. The Hall–Kier alpha value is -3.33. The molecule has 3 aliphatic carbocycles. The lowest BCUT2D eigenvalue weighted by Crippen LogP contribution is -2.51. The monoisotopic (exact) mass is 446 g/mol. The molecule has 0 amide bonds. The Morgan fingerprint density at radius 1 is 1.19 bits per heavy atom. The van der Waals surface area contributed by atoms with E-state index in [1.54, 1.807) is 17.5 Å². The van der Waals surface area contributed by atoms with Gasteiger partial charge in [-0.1, -0.05) is 0 Å². The van der Waals surface area contributed by atoms with E-state index >= 15 is 0 Å². The van der Waals surface area contributed by atoms with Gasteiger partial charge in [0.25, 0.3) is 0 Å². The average molecular weight is 447 g/mol. The number of thiophene rings is 1. The highest BCUT2D eigenvalue weighted by atomic mass is 32.1. The molecule has 4 aromatic heterocycles. The van der Waals surface area contributed by atoms with Crippen LogP contribution in [0.3, 0.4) is 0 Å². The minimum absolute atomic E-state index is 0.121. The van der Waals surface area contributed by atoms with Crippen LogP contribution in [0.2, 0.25) is 0 Å². The smallest absolute Gasteiger partial charge is 0.308 e. The molecule has 3 aliphatic rings. The zero-order chi connectivity index (χ0) is 21.7. The molecule has 0 aromatic carbocycles. The lowest BCUT2D eigenvalue weighted by molar-refractivity contribution is -0.148. The highest BCUT2D eigenvalue weighted by Crippen LogP contribution is 2.46. The second-order valence-corrected chi connectivity index (χ2v) is 9.45. The Morgan fingerprint density at radius 2 is 2.03 bits per heavy atom. The fourth-order valence-electron chi connectivity index (χ4n) is 5.43. The number of fused-ring (bicyclic) bond motifs is 4. The second kappa shape index (κ2) is 7.67. The van der Waals surface area contributed by atoms with Crippen LogP contribution >= 0.6 is 11.3 Å². The molecule has 2 unspecified atom stereocenters. The van der Waals surface area contributed by atoms with Crippen molar-refractivity contribution >= 4 is 34.2 Å². The van der Waals surface area contributed by atoms with Gasteiger partial charge in [-0.05, 0) is 49.0 Å². The van der Waals surface area contributed by atoms with E-state index in [1.165, 1.54) is 6.33 Å². The SMILES string of the molecule is O=C(O)C1C2CCC(CC2)C1Nc1cc(-c2ccsc2)nc(-c2c[nH]c3ncncc23)n1. The van der Waals surface area contributed by atoms with Crippen LogP contribution in [-0.4, -0.2) is 42.0 Å². The third-order valence-corrected chi connectivity index (χ3v) is 7.64. The normalized spacial score (nSPS) is 24.6. The van der Waals surface area contributed by atoms with Crippen molar-refractivity contribution in [3.63, 3.8) is 0 Å². The van der Waals surface area contributed by atoms with Crippen LogP contribution in [0.4, 0.5) is 5.82 Å². The fraction of sp³-hybridized carbons (Fsp3) is 0.348. The van der Waals surface area contributed by atoms with Gasteiger partial charge in [0.15, 0.2) is 5.82 Å². The zero-order valence-corrected chi connectivity index (χ0v) is 18.0. The number of H-pyrrole nitrogens is 1. The minimum Gasteiger partial charge on any atom is -0.481 e. The van der Waals surface area contributed by atoms with Crippen LogP contribution in [0.1, 0.15) is 25.7 Å². The van der Waals surface area contributed by atoms with Crippen molar-refractivity contribution in [1.82, 2.24) is 24.9 Å². The predicted molar refractivity (Wildman–Crippen MR) is 122 cm³/mol. The molecule has 0 spiro atoms. The molecule has 7 rings (SSSR count). The van der Waals surface area contributed by atoms with Gasteiger partial charge in [0.2, 0.25) is 0 Å². The number of anilines is 1. The number of nitrogens with one attached hydrogen (secondary N) is 2. The summed E-state index contributed by atoms with van der Waals surface area (Å²) >= 11 is 1.61. The van der Waals surface area contributed by atoms with Crippen molar-refractivity contribution in [2.24, 2.45) is 17.8 Å². The molecule has 32 heavy (non-hydrogen) atoms. The van der Waals surface area contributed by atoms with Crippen LogP contribution < -0.4 is 5.32 Å². The lowest BCUT2D eigenvalue weighted by atomic mass is 9.61. The number of rotatable bonds is 5. The molecule has 162 valence electrons. The van der Waals surface area contributed by atoms with Crippen molar-refractivity contribution in [2.75, 3.05) is 5.32 Å². The van der Waals surface area contributed by atoms with Crippen molar-refractivity contribution in [2.45, 2.75) is 31.7 Å². The number of carboxylic acids is 1. The van der Waals surface area contributed by atoms with Crippen molar-refractivity contribution in [3.05, 3.63) is 41.6 Å². The average Bonchev–Trinajstić information content (AvgIpc) is 3.50. The third kappa shape index (κ3) is 3.24. The second-order valence-electron chi connectivity index (χ2n) is 8.67. The van der Waals surface area contributed by atoms with E-state index in [0.29, 0.717) is 17.6 Å². The van der Waals surface area contributed by atoms with Gasteiger partial charge >= 0.3 is 5.97 Å². The Balaban J connectivity index is 1.44. The molecular formula is C23H22N6O2S. The standard InChI is InChI=1S/C23H22N6O2S/c30-23(31)19-12-1-3-13(4-2-12)20(19)28-18-7-17(14-5-6-32-10-14)27-22(29-18)16-9-25-21-15(16)8-24-11-26-21/h5-13,19-20H,1-4H2,(H,30,31)(H,24,25,26)(H,27,28,29). The number of carbonyl (C=O) groups is 1. The van der Waals surface area contributed by atoms with Crippen molar-refractivity contribution in [3.8, 4) is 22.6 Å². The quantitative estimate of drug-likeness (QED) is 0.415. The van der Waals surface area contributed by atoms with Gasteiger partial charge in [-0.25, -0.2) is 19.9 Å². The third-order valence-electron chi connectivity index (χ3n) is 6.96.